The minimum Gasteiger partial charge on any atom is -0.444 e. The lowest BCUT2D eigenvalue weighted by Crippen LogP contribution is -2.50. The fourth-order valence-corrected chi connectivity index (χ4v) is 4.33. The average Bonchev–Trinajstić information content (AvgIpc) is 3.43. The summed E-state index contributed by atoms with van der Waals surface area (Å²) >= 11 is 0. The molecular formula is C24H36N2O3. The van der Waals surface area contributed by atoms with Crippen molar-refractivity contribution in [1.82, 2.24) is 9.80 Å². The molecule has 2 aliphatic rings. The molecule has 1 aliphatic heterocycles. The van der Waals surface area contributed by atoms with E-state index in [-0.39, 0.29) is 24.8 Å². The van der Waals surface area contributed by atoms with Gasteiger partial charge in [0, 0.05) is 37.6 Å². The number of β-amino-alcohol motifs (C(OH)–C–C–N with tert-alkyl or cyclic N) is 1. The molecule has 1 aliphatic carbocycles. The van der Waals surface area contributed by atoms with Crippen LogP contribution in [-0.4, -0.2) is 64.9 Å². The monoisotopic (exact) mass is 400 g/mol. The summed E-state index contributed by atoms with van der Waals surface area (Å²) in [6, 6.07) is 10.8. The molecule has 0 aromatic heterocycles. The van der Waals surface area contributed by atoms with E-state index < -0.39 is 5.60 Å². The van der Waals surface area contributed by atoms with E-state index in [0.717, 1.165) is 32.4 Å². The molecule has 1 aromatic rings. The van der Waals surface area contributed by atoms with Crippen LogP contribution >= 0.6 is 0 Å². The molecule has 3 rings (SSSR count). The van der Waals surface area contributed by atoms with Crippen molar-refractivity contribution in [3.05, 3.63) is 41.5 Å². The standard InChI is InChI=1S/C24H36N2O3/c1-18(16-19-8-6-5-7-9-19)21-17-22(21)26(23(28)29-24(2,3)4)20-10-12-25(13-11-20)14-15-27/h5-9,16,20-22,27H,10-15,17H2,1-4H3/b18-16+/t21-,22+/m0/s1. The summed E-state index contributed by atoms with van der Waals surface area (Å²) < 4.78 is 5.79. The Labute approximate surface area is 175 Å². The van der Waals surface area contributed by atoms with Gasteiger partial charge in [0.2, 0.25) is 0 Å². The number of aliphatic hydroxyl groups is 1. The number of piperidine rings is 1. The van der Waals surface area contributed by atoms with Crippen LogP contribution in [-0.2, 0) is 4.74 Å². The molecular weight excluding hydrogens is 364 g/mol. The van der Waals surface area contributed by atoms with E-state index in [1.807, 2.05) is 31.7 Å². The fraction of sp³-hybridized carbons (Fsp3) is 0.625. The first-order valence-electron chi connectivity index (χ1n) is 10.9. The number of hydrogen-bond acceptors (Lipinski definition) is 4. The highest BCUT2D eigenvalue weighted by molar-refractivity contribution is 5.70. The molecule has 2 atom stereocenters. The molecule has 1 saturated carbocycles. The van der Waals surface area contributed by atoms with Gasteiger partial charge < -0.3 is 19.6 Å². The molecule has 1 heterocycles. The van der Waals surface area contributed by atoms with Gasteiger partial charge in [0.1, 0.15) is 5.60 Å². The number of ether oxygens (including phenoxy) is 1. The number of carbonyl (C=O) groups is 1. The zero-order valence-electron chi connectivity index (χ0n) is 18.3. The van der Waals surface area contributed by atoms with Crippen molar-refractivity contribution in [3.63, 3.8) is 0 Å². The second-order valence-corrected chi connectivity index (χ2v) is 9.39. The Morgan fingerprint density at radius 3 is 2.48 bits per heavy atom. The minimum absolute atomic E-state index is 0.182. The number of likely N-dealkylation sites (tertiary alicyclic amines) is 1. The number of nitrogens with zero attached hydrogens (tertiary/aromatic N) is 2. The van der Waals surface area contributed by atoms with Gasteiger partial charge in [-0.2, -0.15) is 0 Å². The Balaban J connectivity index is 1.71. The van der Waals surface area contributed by atoms with E-state index in [2.05, 4.69) is 42.2 Å². The number of carbonyl (C=O) groups excluding carboxylic acids is 1. The highest BCUT2D eigenvalue weighted by Gasteiger charge is 2.48. The van der Waals surface area contributed by atoms with Gasteiger partial charge in [-0.3, -0.25) is 0 Å². The third kappa shape index (κ3) is 6.06. The van der Waals surface area contributed by atoms with Crippen molar-refractivity contribution < 1.29 is 14.6 Å². The van der Waals surface area contributed by atoms with E-state index in [9.17, 15) is 9.90 Å². The summed E-state index contributed by atoms with van der Waals surface area (Å²) in [6.07, 6.45) is 4.93. The lowest BCUT2D eigenvalue weighted by molar-refractivity contribution is 0.00414. The molecule has 5 heteroatoms. The average molecular weight is 401 g/mol. The van der Waals surface area contributed by atoms with Crippen molar-refractivity contribution in [2.45, 2.75) is 64.6 Å². The van der Waals surface area contributed by atoms with E-state index in [1.165, 1.54) is 11.1 Å². The van der Waals surface area contributed by atoms with Crippen molar-refractivity contribution in [3.8, 4) is 0 Å². The number of benzene rings is 1. The summed E-state index contributed by atoms with van der Waals surface area (Å²) in [5.41, 5.74) is 2.04. The molecule has 5 nitrogen and oxygen atoms in total. The maximum absolute atomic E-state index is 13.1. The van der Waals surface area contributed by atoms with Crippen LogP contribution in [0, 0.1) is 5.92 Å². The molecule has 1 saturated heterocycles. The van der Waals surface area contributed by atoms with E-state index >= 15 is 0 Å². The van der Waals surface area contributed by atoms with Gasteiger partial charge in [-0.05, 0) is 52.5 Å². The van der Waals surface area contributed by atoms with Gasteiger partial charge in [-0.1, -0.05) is 42.0 Å². The van der Waals surface area contributed by atoms with Gasteiger partial charge in [-0.25, -0.2) is 4.79 Å². The summed E-state index contributed by atoms with van der Waals surface area (Å²) in [5.74, 6) is 0.401. The van der Waals surface area contributed by atoms with Crippen LogP contribution < -0.4 is 0 Å². The highest BCUT2D eigenvalue weighted by atomic mass is 16.6. The maximum Gasteiger partial charge on any atom is 0.410 e. The smallest absolute Gasteiger partial charge is 0.410 e. The Morgan fingerprint density at radius 2 is 1.90 bits per heavy atom. The molecule has 1 aromatic carbocycles. The number of amides is 1. The molecule has 0 bridgehead atoms. The predicted molar refractivity (Wildman–Crippen MR) is 117 cm³/mol. The minimum atomic E-state index is -0.494. The first-order chi connectivity index (χ1) is 13.8. The van der Waals surface area contributed by atoms with Crippen molar-refractivity contribution in [1.29, 1.82) is 0 Å². The summed E-state index contributed by atoms with van der Waals surface area (Å²) in [7, 11) is 0. The third-order valence-electron chi connectivity index (χ3n) is 5.86. The van der Waals surface area contributed by atoms with Crippen molar-refractivity contribution in [2.24, 2.45) is 5.92 Å². The molecule has 1 N–H and O–H groups in total. The zero-order valence-corrected chi connectivity index (χ0v) is 18.3. The number of aliphatic hydroxyl groups excluding tert-OH is 1. The number of hydrogen-bond donors (Lipinski definition) is 1. The van der Waals surface area contributed by atoms with E-state index in [0.29, 0.717) is 12.5 Å². The summed E-state index contributed by atoms with van der Waals surface area (Å²) in [6.45, 7) is 10.7. The molecule has 160 valence electrons. The molecule has 1 amide bonds. The van der Waals surface area contributed by atoms with Crippen LogP contribution in [0.2, 0.25) is 0 Å². The zero-order chi connectivity index (χ0) is 21.0. The summed E-state index contributed by atoms with van der Waals surface area (Å²) in [4.78, 5) is 17.4. The van der Waals surface area contributed by atoms with Crippen molar-refractivity contribution >= 4 is 12.2 Å². The second-order valence-electron chi connectivity index (χ2n) is 9.39. The van der Waals surface area contributed by atoms with Crippen LogP contribution in [0.5, 0.6) is 0 Å². The van der Waals surface area contributed by atoms with Crippen LogP contribution in [0.15, 0.2) is 35.9 Å². The van der Waals surface area contributed by atoms with E-state index in [1.54, 1.807) is 0 Å². The summed E-state index contributed by atoms with van der Waals surface area (Å²) in [5, 5.41) is 9.19. The Hall–Kier alpha value is -1.85. The first-order valence-corrected chi connectivity index (χ1v) is 10.9. The van der Waals surface area contributed by atoms with Crippen LogP contribution in [0.1, 0.15) is 52.5 Å². The van der Waals surface area contributed by atoms with Gasteiger partial charge in [0.25, 0.3) is 0 Å². The van der Waals surface area contributed by atoms with Gasteiger partial charge in [-0.15, -0.1) is 0 Å². The van der Waals surface area contributed by atoms with Gasteiger partial charge in [0.15, 0.2) is 0 Å². The second kappa shape index (κ2) is 9.31. The number of rotatable bonds is 6. The predicted octanol–water partition coefficient (Wildman–Crippen LogP) is 4.17. The quantitative estimate of drug-likeness (QED) is 0.779. The largest absolute Gasteiger partial charge is 0.444 e. The SMILES string of the molecule is C/C(=C\c1ccccc1)[C@@H]1C[C@H]1N(C(=O)OC(C)(C)C)C1CCN(CCO)CC1. The maximum atomic E-state index is 13.1. The molecule has 0 radical (unpaired) electrons. The van der Waals surface area contributed by atoms with Crippen LogP contribution in [0.25, 0.3) is 6.08 Å². The van der Waals surface area contributed by atoms with Crippen molar-refractivity contribution in [2.75, 3.05) is 26.2 Å². The molecule has 0 unspecified atom stereocenters. The Kier molecular flexibility index (Phi) is 7.01. The lowest BCUT2D eigenvalue weighted by Gasteiger charge is -2.39. The third-order valence-corrected chi connectivity index (χ3v) is 5.86. The topological polar surface area (TPSA) is 53.0 Å². The molecule has 29 heavy (non-hydrogen) atoms. The van der Waals surface area contributed by atoms with Crippen LogP contribution in [0.4, 0.5) is 4.79 Å². The molecule has 2 fully saturated rings. The normalized spacial score (nSPS) is 23.7. The lowest BCUT2D eigenvalue weighted by atomic mass is 10.0. The van der Waals surface area contributed by atoms with Gasteiger partial charge >= 0.3 is 6.09 Å². The fourth-order valence-electron chi connectivity index (χ4n) is 4.33. The molecule has 0 spiro atoms. The first kappa shape index (κ1) is 21.8. The van der Waals surface area contributed by atoms with Gasteiger partial charge in [0.05, 0.1) is 6.61 Å². The Morgan fingerprint density at radius 1 is 1.24 bits per heavy atom. The van der Waals surface area contributed by atoms with Crippen LogP contribution in [0.3, 0.4) is 0 Å². The highest BCUT2D eigenvalue weighted by Crippen LogP contribution is 2.44. The van der Waals surface area contributed by atoms with E-state index in [4.69, 9.17) is 4.74 Å². The Bertz CT molecular complexity index is 703.